The number of aromatic nitrogens is 2. The summed E-state index contributed by atoms with van der Waals surface area (Å²) >= 11 is 0. The van der Waals surface area contributed by atoms with Crippen molar-refractivity contribution in [2.75, 3.05) is 79.2 Å². The van der Waals surface area contributed by atoms with E-state index < -0.39 is 0 Å². The smallest absolute Gasteiger partial charge is 0.222 e. The van der Waals surface area contributed by atoms with Crippen molar-refractivity contribution in [2.24, 2.45) is 0 Å². The van der Waals surface area contributed by atoms with Gasteiger partial charge in [-0.25, -0.2) is 4.98 Å². The first kappa shape index (κ1) is 42.2. The third-order valence-electron chi connectivity index (χ3n) is 9.10. The average molecular weight is 766 g/mol. The van der Waals surface area contributed by atoms with Crippen LogP contribution in [0.5, 0.6) is 11.5 Å². The van der Waals surface area contributed by atoms with Gasteiger partial charge >= 0.3 is 0 Å². The van der Waals surface area contributed by atoms with E-state index >= 15 is 0 Å². The van der Waals surface area contributed by atoms with Crippen molar-refractivity contribution in [3.63, 3.8) is 0 Å². The Hall–Kier alpha value is -4.94. The number of Topliss-reactive ketones (excluding diaryl/α,β-unsaturated/α-hetero) is 1. The second-order valence-corrected chi connectivity index (χ2v) is 13.6. The number of hydrogen-bond donors (Lipinski definition) is 0. The minimum Gasteiger partial charge on any atom is -0.491 e. The van der Waals surface area contributed by atoms with Gasteiger partial charge in [0, 0.05) is 48.0 Å². The van der Waals surface area contributed by atoms with Crippen LogP contribution >= 0.6 is 0 Å². The van der Waals surface area contributed by atoms with E-state index in [4.69, 9.17) is 38.4 Å². The lowest BCUT2D eigenvalue weighted by molar-refractivity contribution is -0.133. The summed E-state index contributed by atoms with van der Waals surface area (Å²) < 4.78 is 34.4. The molecule has 11 nitrogen and oxygen atoms in total. The highest BCUT2D eigenvalue weighted by Gasteiger charge is 2.14. The fraction of sp³-hybridized carbons (Fsp3) is 0.422. The maximum Gasteiger partial charge on any atom is 0.222 e. The Morgan fingerprint density at radius 3 is 1.61 bits per heavy atom. The summed E-state index contributed by atoms with van der Waals surface area (Å²) in [6.45, 7) is 10.7. The lowest BCUT2D eigenvalue weighted by atomic mass is 10.1. The van der Waals surface area contributed by atoms with Gasteiger partial charge in [-0.1, -0.05) is 42.0 Å². The summed E-state index contributed by atoms with van der Waals surface area (Å²) in [4.78, 5) is 35.7. The molecule has 0 saturated carbocycles. The predicted octanol–water partition coefficient (Wildman–Crippen LogP) is 7.57. The summed E-state index contributed by atoms with van der Waals surface area (Å²) in [5.74, 6) is 1.74. The molecule has 0 spiro atoms. The lowest BCUT2D eigenvalue weighted by Crippen LogP contribution is -2.37. The fourth-order valence-electron chi connectivity index (χ4n) is 5.98. The van der Waals surface area contributed by atoms with Crippen molar-refractivity contribution >= 4 is 33.5 Å². The molecule has 0 atom stereocenters. The minimum absolute atomic E-state index is 0.0289. The number of aryl methyl sites for hydroxylation is 2. The molecule has 2 aromatic heterocycles. The van der Waals surface area contributed by atoms with E-state index in [9.17, 15) is 9.59 Å². The van der Waals surface area contributed by atoms with Gasteiger partial charge in [0.2, 0.25) is 5.91 Å². The molecule has 2 heterocycles. The summed E-state index contributed by atoms with van der Waals surface area (Å²) in [7, 11) is 0. The zero-order chi connectivity index (χ0) is 39.4. The fourth-order valence-corrected chi connectivity index (χ4v) is 5.98. The van der Waals surface area contributed by atoms with Crippen LogP contribution < -0.4 is 9.47 Å². The van der Waals surface area contributed by atoms with Gasteiger partial charge in [-0.05, 0) is 82.1 Å². The molecule has 1 amide bonds. The van der Waals surface area contributed by atoms with Crippen molar-refractivity contribution in [1.82, 2.24) is 14.9 Å². The Morgan fingerprint density at radius 2 is 1.02 bits per heavy atom. The van der Waals surface area contributed by atoms with Crippen molar-refractivity contribution in [2.45, 2.75) is 46.5 Å². The number of pyridine rings is 2. The van der Waals surface area contributed by atoms with Gasteiger partial charge in [-0.3, -0.25) is 9.78 Å². The number of unbranched alkanes of at least 4 members (excludes halogenated alkanes) is 1. The van der Waals surface area contributed by atoms with Crippen molar-refractivity contribution in [1.29, 1.82) is 0 Å². The second kappa shape index (κ2) is 23.2. The first-order valence-corrected chi connectivity index (χ1v) is 19.5. The third kappa shape index (κ3) is 14.3. The van der Waals surface area contributed by atoms with E-state index in [2.05, 4.69) is 24.3 Å². The Kier molecular flexibility index (Phi) is 17.5. The number of rotatable bonds is 26. The number of nitrogens with zero attached hydrogens (tertiary/aromatic N) is 3. The van der Waals surface area contributed by atoms with Crippen LogP contribution in [0, 0.1) is 13.8 Å². The molecule has 5 aromatic rings. The van der Waals surface area contributed by atoms with Gasteiger partial charge in [0.25, 0.3) is 0 Å². The largest absolute Gasteiger partial charge is 0.491 e. The molecule has 0 N–H and O–H groups in total. The molecule has 0 bridgehead atoms. The van der Waals surface area contributed by atoms with Crippen LogP contribution in [0.3, 0.4) is 0 Å². The number of carbonyl (C=O) groups is 2. The first-order chi connectivity index (χ1) is 27.4. The number of carbonyl (C=O) groups excluding carboxylic acids is 2. The topological polar surface area (TPSA) is 119 Å². The van der Waals surface area contributed by atoms with Crippen LogP contribution in [0.25, 0.3) is 33.1 Å². The Bertz CT molecular complexity index is 1950. The zero-order valence-electron chi connectivity index (χ0n) is 33.0. The zero-order valence-corrected chi connectivity index (χ0v) is 33.0. The molecule has 0 aliphatic heterocycles. The number of hydrogen-bond acceptors (Lipinski definition) is 10. The number of benzene rings is 3. The molecular weight excluding hydrogens is 711 g/mol. The van der Waals surface area contributed by atoms with E-state index in [1.165, 1.54) is 5.56 Å². The molecule has 0 fully saturated rings. The van der Waals surface area contributed by atoms with Crippen LogP contribution in [-0.2, 0) is 28.5 Å². The normalized spacial score (nSPS) is 11.3. The van der Waals surface area contributed by atoms with Crippen LogP contribution in [-0.4, -0.2) is 106 Å². The minimum atomic E-state index is 0.0289. The lowest BCUT2D eigenvalue weighted by Gasteiger charge is -2.23. The van der Waals surface area contributed by atoms with Gasteiger partial charge in [0.05, 0.1) is 69.6 Å². The highest BCUT2D eigenvalue weighted by molar-refractivity contribution is 6.03. The summed E-state index contributed by atoms with van der Waals surface area (Å²) in [5, 5.41) is 2.14. The number of ketones is 1. The highest BCUT2D eigenvalue weighted by Crippen LogP contribution is 2.27. The number of fused-ring (bicyclic) bond motifs is 3. The maximum absolute atomic E-state index is 13.0. The van der Waals surface area contributed by atoms with Gasteiger partial charge < -0.3 is 38.1 Å². The van der Waals surface area contributed by atoms with Crippen molar-refractivity contribution in [3.05, 3.63) is 96.2 Å². The average Bonchev–Trinajstić information content (AvgIpc) is 3.20. The third-order valence-corrected chi connectivity index (χ3v) is 9.10. The Labute approximate surface area is 330 Å². The van der Waals surface area contributed by atoms with E-state index in [0.717, 1.165) is 50.3 Å². The van der Waals surface area contributed by atoms with E-state index in [-0.39, 0.29) is 11.7 Å². The molecule has 0 radical (unpaired) electrons. The molecule has 0 saturated heterocycles. The molecule has 3 aromatic carbocycles. The van der Waals surface area contributed by atoms with Crippen LogP contribution in [0.4, 0.5) is 0 Å². The van der Waals surface area contributed by atoms with E-state index in [0.29, 0.717) is 105 Å². The quantitative estimate of drug-likeness (QED) is 0.0412. The molecular formula is C45H55N3O8. The maximum atomic E-state index is 13.0. The van der Waals surface area contributed by atoms with Crippen LogP contribution in [0.2, 0.25) is 0 Å². The van der Waals surface area contributed by atoms with Gasteiger partial charge in [-0.2, -0.15) is 0 Å². The summed E-state index contributed by atoms with van der Waals surface area (Å²) in [6, 6.07) is 28.2. The molecule has 0 aliphatic carbocycles. The predicted molar refractivity (Wildman–Crippen MR) is 218 cm³/mol. The van der Waals surface area contributed by atoms with Crippen LogP contribution in [0.1, 0.15) is 43.9 Å². The monoisotopic (exact) mass is 765 g/mol. The van der Waals surface area contributed by atoms with E-state index in [1.807, 2.05) is 74.5 Å². The highest BCUT2D eigenvalue weighted by atomic mass is 16.5. The Balaban J connectivity index is 0.939. The molecule has 0 aliphatic rings. The van der Waals surface area contributed by atoms with Gasteiger partial charge in [-0.15, -0.1) is 0 Å². The SMILES string of the molecule is CC(=O)CCCCC(=O)N(CCOCCOCCOc1ccc(C)cc1)CCOCCOCCOc1ccc(-c2ccc3ccc4ccc(C)nc4c3n2)cc1. The van der Waals surface area contributed by atoms with Gasteiger partial charge in [0.1, 0.15) is 30.5 Å². The molecule has 0 unspecified atom stereocenters. The number of ether oxygens (including phenoxy) is 6. The van der Waals surface area contributed by atoms with Crippen molar-refractivity contribution < 1.29 is 38.0 Å². The van der Waals surface area contributed by atoms with Crippen molar-refractivity contribution in [3.8, 4) is 22.8 Å². The Morgan fingerprint density at radius 1 is 0.536 bits per heavy atom. The molecule has 56 heavy (non-hydrogen) atoms. The number of amides is 1. The molecule has 298 valence electrons. The van der Waals surface area contributed by atoms with Crippen LogP contribution in [0.15, 0.2) is 84.9 Å². The molecule has 5 rings (SSSR count). The van der Waals surface area contributed by atoms with E-state index in [1.54, 1.807) is 11.8 Å². The summed E-state index contributed by atoms with van der Waals surface area (Å²) in [6.07, 6.45) is 2.26. The second-order valence-electron chi connectivity index (χ2n) is 13.6. The first-order valence-electron chi connectivity index (χ1n) is 19.5. The molecule has 11 heteroatoms. The standard InChI is InChI=1S/C45H55N3O8/c1-34-8-17-40(18-9-34)55-32-30-53-28-26-51-24-22-48(43(50)7-5-4-6-36(3)49)23-25-52-27-29-54-31-33-56-41-19-14-37(15-20-41)42-21-16-39-13-12-38-11-10-35(2)46-44(38)45(39)47-42/h8-21H,4-7,22-33H2,1-3H3. The summed E-state index contributed by atoms with van der Waals surface area (Å²) in [5.41, 5.74) is 5.84. The van der Waals surface area contributed by atoms with Gasteiger partial charge in [0.15, 0.2) is 0 Å².